The molecule has 0 unspecified atom stereocenters. The Balaban J connectivity index is 2.83. The molecule has 0 N–H and O–H groups in total. The Bertz CT molecular complexity index is 85.1. The van der Waals surface area contributed by atoms with Crippen molar-refractivity contribution in [2.75, 3.05) is 5.88 Å². The maximum absolute atomic E-state index is 11.5. The number of hydrogen-bond donors (Lipinski definition) is 0. The molecule has 0 heterocycles. The van der Waals surface area contributed by atoms with Gasteiger partial charge in [-0.3, -0.25) is 4.79 Å². The Labute approximate surface area is 59.2 Å². The molecule has 9 heavy (non-hydrogen) atoms. The maximum Gasteiger partial charge on any atom is 0.301 e. The molecule has 3 heteroatoms. The van der Waals surface area contributed by atoms with Gasteiger partial charge < -0.3 is 0 Å². The zero-order valence-corrected chi connectivity index (χ0v) is 5.96. The van der Waals surface area contributed by atoms with Gasteiger partial charge in [-0.2, -0.15) is 4.39 Å². The number of rotatable bonds is 5. The van der Waals surface area contributed by atoms with E-state index in [1.54, 1.807) is 0 Å². The predicted octanol–water partition coefficient (Wildman–Crippen LogP) is 2.28. The van der Waals surface area contributed by atoms with Gasteiger partial charge in [-0.1, -0.05) is 6.42 Å². The second kappa shape index (κ2) is 6.02. The average Bonchev–Trinajstić information content (AvgIpc) is 1.80. The van der Waals surface area contributed by atoms with Crippen LogP contribution in [0, 0.1) is 0 Å². The van der Waals surface area contributed by atoms with Crippen LogP contribution in [0.15, 0.2) is 0 Å². The van der Waals surface area contributed by atoms with Crippen molar-refractivity contribution in [3.05, 3.63) is 0 Å². The number of unbranched alkanes of at least 4 members (excludes halogenated alkanes) is 2. The molecule has 0 rings (SSSR count). The summed E-state index contributed by atoms with van der Waals surface area (Å²) in [4.78, 5) is 9.71. The summed E-state index contributed by atoms with van der Waals surface area (Å²) in [6.07, 6.45) is 2.40. The third kappa shape index (κ3) is 7.89. The fourth-order valence-corrected chi connectivity index (χ4v) is 0.724. The molecule has 0 bridgehead atoms. The van der Waals surface area contributed by atoms with Gasteiger partial charge in [0.05, 0.1) is 0 Å². The Kier molecular flexibility index (Phi) is 5.94. The monoisotopic (exact) mass is 152 g/mol. The van der Waals surface area contributed by atoms with Crippen molar-refractivity contribution in [1.82, 2.24) is 0 Å². The van der Waals surface area contributed by atoms with Crippen molar-refractivity contribution in [3.8, 4) is 0 Å². The lowest BCUT2D eigenvalue weighted by Gasteiger charge is -1.91. The SMILES string of the molecule is O=C(F)CCCCCCl. The average molecular weight is 153 g/mol. The third-order valence-electron chi connectivity index (χ3n) is 1.01. The standard InChI is InChI=1S/C6H10ClFO/c7-5-3-1-2-4-6(8)9/h1-5H2. The Morgan fingerprint density at radius 3 is 2.44 bits per heavy atom. The highest BCUT2D eigenvalue weighted by atomic mass is 35.5. The normalized spacial score (nSPS) is 9.56. The minimum atomic E-state index is -1.22. The summed E-state index contributed by atoms with van der Waals surface area (Å²) < 4.78 is 11.5. The second-order valence-corrected chi connectivity index (χ2v) is 2.23. The van der Waals surface area contributed by atoms with Crippen molar-refractivity contribution < 1.29 is 9.18 Å². The zero-order valence-electron chi connectivity index (χ0n) is 5.20. The predicted molar refractivity (Wildman–Crippen MR) is 35.3 cm³/mol. The van der Waals surface area contributed by atoms with Gasteiger partial charge in [-0.05, 0) is 12.8 Å². The van der Waals surface area contributed by atoms with Crippen molar-refractivity contribution in [3.63, 3.8) is 0 Å². The lowest BCUT2D eigenvalue weighted by atomic mass is 10.2. The molecule has 0 aromatic heterocycles. The molecule has 0 radical (unpaired) electrons. The van der Waals surface area contributed by atoms with Gasteiger partial charge in [0, 0.05) is 12.3 Å². The molecule has 0 aromatic rings. The van der Waals surface area contributed by atoms with Crippen LogP contribution in [0.5, 0.6) is 0 Å². The Morgan fingerprint density at radius 2 is 2.00 bits per heavy atom. The summed E-state index contributed by atoms with van der Waals surface area (Å²) in [6, 6.07) is -1.22. The second-order valence-electron chi connectivity index (χ2n) is 1.85. The van der Waals surface area contributed by atoms with Crippen LogP contribution < -0.4 is 0 Å². The number of hydrogen-bond acceptors (Lipinski definition) is 1. The van der Waals surface area contributed by atoms with E-state index in [-0.39, 0.29) is 6.42 Å². The topological polar surface area (TPSA) is 17.1 Å². The minimum Gasteiger partial charge on any atom is -0.261 e. The number of carbonyl (C=O) groups is 1. The first-order chi connectivity index (χ1) is 4.27. The number of carbonyl (C=O) groups excluding carboxylic acids is 1. The van der Waals surface area contributed by atoms with Crippen molar-refractivity contribution in [2.45, 2.75) is 25.7 Å². The van der Waals surface area contributed by atoms with Crippen LogP contribution in [-0.4, -0.2) is 11.9 Å². The van der Waals surface area contributed by atoms with Crippen molar-refractivity contribution in [1.29, 1.82) is 0 Å². The molecule has 0 saturated heterocycles. The first-order valence-corrected chi connectivity index (χ1v) is 3.55. The molecule has 0 fully saturated rings. The summed E-state index contributed by atoms with van der Waals surface area (Å²) in [5.41, 5.74) is 0. The summed E-state index contributed by atoms with van der Waals surface area (Å²) in [5.74, 6) is 0.598. The minimum absolute atomic E-state index is 0.0525. The molecule has 0 spiro atoms. The lowest BCUT2D eigenvalue weighted by molar-refractivity contribution is -0.129. The van der Waals surface area contributed by atoms with E-state index in [9.17, 15) is 9.18 Å². The van der Waals surface area contributed by atoms with Crippen LogP contribution in [-0.2, 0) is 4.79 Å². The molecule has 0 atom stereocenters. The van der Waals surface area contributed by atoms with E-state index in [2.05, 4.69) is 0 Å². The molecule has 1 nitrogen and oxygen atoms in total. The smallest absolute Gasteiger partial charge is 0.261 e. The van der Waals surface area contributed by atoms with E-state index in [0.29, 0.717) is 12.3 Å². The first-order valence-electron chi connectivity index (χ1n) is 3.01. The highest BCUT2D eigenvalue weighted by Crippen LogP contribution is 2.01. The van der Waals surface area contributed by atoms with E-state index < -0.39 is 6.04 Å². The van der Waals surface area contributed by atoms with E-state index in [0.717, 1.165) is 12.8 Å². The van der Waals surface area contributed by atoms with Crippen LogP contribution in [0.1, 0.15) is 25.7 Å². The number of alkyl halides is 1. The molecule has 0 aliphatic rings. The highest BCUT2D eigenvalue weighted by molar-refractivity contribution is 6.17. The molecule has 54 valence electrons. The van der Waals surface area contributed by atoms with Gasteiger partial charge in [0.25, 0.3) is 0 Å². The van der Waals surface area contributed by atoms with E-state index in [1.807, 2.05) is 0 Å². The largest absolute Gasteiger partial charge is 0.301 e. The van der Waals surface area contributed by atoms with Gasteiger partial charge in [0.2, 0.25) is 0 Å². The van der Waals surface area contributed by atoms with Crippen LogP contribution in [0.25, 0.3) is 0 Å². The molecule has 0 aliphatic heterocycles. The van der Waals surface area contributed by atoms with Gasteiger partial charge in [0.1, 0.15) is 0 Å². The summed E-state index contributed by atoms with van der Waals surface area (Å²) in [6.45, 7) is 0. The highest BCUT2D eigenvalue weighted by Gasteiger charge is 1.95. The zero-order chi connectivity index (χ0) is 7.11. The van der Waals surface area contributed by atoms with Gasteiger partial charge in [-0.25, -0.2) is 0 Å². The molecular formula is C6H10ClFO. The maximum atomic E-state index is 11.5. The Morgan fingerprint density at radius 1 is 1.33 bits per heavy atom. The fraction of sp³-hybridized carbons (Fsp3) is 0.833. The van der Waals surface area contributed by atoms with Crippen LogP contribution in [0.4, 0.5) is 4.39 Å². The fourth-order valence-electron chi connectivity index (χ4n) is 0.535. The van der Waals surface area contributed by atoms with Gasteiger partial charge in [-0.15, -0.1) is 11.6 Å². The quantitative estimate of drug-likeness (QED) is 0.336. The third-order valence-corrected chi connectivity index (χ3v) is 1.27. The molecule has 0 aromatic carbocycles. The molecular weight excluding hydrogens is 143 g/mol. The Hall–Kier alpha value is -0.110. The van der Waals surface area contributed by atoms with E-state index >= 15 is 0 Å². The van der Waals surface area contributed by atoms with Crippen LogP contribution >= 0.6 is 11.6 Å². The lowest BCUT2D eigenvalue weighted by Crippen LogP contribution is -1.87. The van der Waals surface area contributed by atoms with Gasteiger partial charge in [0.15, 0.2) is 0 Å². The van der Waals surface area contributed by atoms with E-state index in [1.165, 1.54) is 0 Å². The first kappa shape index (κ1) is 8.89. The van der Waals surface area contributed by atoms with Gasteiger partial charge >= 0.3 is 6.04 Å². The van der Waals surface area contributed by atoms with Crippen molar-refractivity contribution in [2.24, 2.45) is 0 Å². The summed E-state index contributed by atoms with van der Waals surface area (Å²) in [7, 11) is 0. The summed E-state index contributed by atoms with van der Waals surface area (Å²) >= 11 is 5.34. The van der Waals surface area contributed by atoms with Crippen LogP contribution in [0.3, 0.4) is 0 Å². The molecule has 0 saturated carbocycles. The molecule has 0 amide bonds. The molecule has 0 aliphatic carbocycles. The summed E-state index contributed by atoms with van der Waals surface area (Å²) in [5, 5.41) is 0. The number of halogens is 2. The van der Waals surface area contributed by atoms with Crippen molar-refractivity contribution >= 4 is 17.6 Å². The van der Waals surface area contributed by atoms with Crippen LogP contribution in [0.2, 0.25) is 0 Å². The van der Waals surface area contributed by atoms with E-state index in [4.69, 9.17) is 11.6 Å².